The highest BCUT2D eigenvalue weighted by molar-refractivity contribution is 7.89. The molecule has 2 aliphatic rings. The van der Waals surface area contributed by atoms with Crippen LogP contribution in [0, 0.1) is 17.8 Å². The standard InChI is InChI=1S/C29H32N2O3S/c1-20(27-19-21-12-13-24(27)18-21)31-35(33,34)26-16-14-25(15-17-26)30-29(32)28(22-8-4-2-5-9-22)23-10-6-3-7-11-23/h2-11,14-17,20-21,24,27-28,31H,12-13,18-19H2,1H3,(H,30,32)/t20-,21-,24-,27-/m0/s1. The maximum Gasteiger partial charge on any atom is 0.240 e. The number of benzene rings is 3. The van der Waals surface area contributed by atoms with Crippen LogP contribution >= 0.6 is 0 Å². The molecule has 35 heavy (non-hydrogen) atoms. The van der Waals surface area contributed by atoms with Crippen LogP contribution in [0.25, 0.3) is 0 Å². The second-order valence-corrected chi connectivity index (χ2v) is 11.7. The molecular weight excluding hydrogens is 456 g/mol. The molecule has 0 aromatic heterocycles. The molecule has 3 aromatic rings. The Balaban J connectivity index is 1.28. The van der Waals surface area contributed by atoms with Gasteiger partial charge in [-0.05, 0) is 79.3 Å². The van der Waals surface area contributed by atoms with Gasteiger partial charge in [0.15, 0.2) is 0 Å². The first-order valence-electron chi connectivity index (χ1n) is 12.4. The maximum atomic E-state index is 13.3. The van der Waals surface area contributed by atoms with Crippen molar-refractivity contribution in [1.29, 1.82) is 0 Å². The Kier molecular flexibility index (Phi) is 6.76. The molecule has 4 atom stereocenters. The van der Waals surface area contributed by atoms with Crippen molar-refractivity contribution in [2.75, 3.05) is 5.32 Å². The largest absolute Gasteiger partial charge is 0.325 e. The monoisotopic (exact) mass is 488 g/mol. The number of carbonyl (C=O) groups is 1. The van der Waals surface area contributed by atoms with E-state index in [-0.39, 0.29) is 16.8 Å². The molecule has 0 spiro atoms. The summed E-state index contributed by atoms with van der Waals surface area (Å²) >= 11 is 0. The number of rotatable bonds is 8. The van der Waals surface area contributed by atoms with Crippen molar-refractivity contribution in [3.05, 3.63) is 96.1 Å². The lowest BCUT2D eigenvalue weighted by molar-refractivity contribution is -0.116. The van der Waals surface area contributed by atoms with Crippen LogP contribution in [0.1, 0.15) is 49.7 Å². The molecule has 3 aromatic carbocycles. The zero-order valence-electron chi connectivity index (χ0n) is 19.9. The van der Waals surface area contributed by atoms with Gasteiger partial charge in [-0.15, -0.1) is 0 Å². The van der Waals surface area contributed by atoms with Gasteiger partial charge in [0, 0.05) is 11.7 Å². The van der Waals surface area contributed by atoms with Crippen molar-refractivity contribution < 1.29 is 13.2 Å². The van der Waals surface area contributed by atoms with Crippen LogP contribution in [0.5, 0.6) is 0 Å². The molecule has 0 saturated heterocycles. The molecule has 2 N–H and O–H groups in total. The quantitative estimate of drug-likeness (QED) is 0.436. The first-order chi connectivity index (χ1) is 16.9. The van der Waals surface area contributed by atoms with Crippen LogP contribution in [0.15, 0.2) is 89.8 Å². The van der Waals surface area contributed by atoms with Gasteiger partial charge in [-0.3, -0.25) is 4.79 Å². The van der Waals surface area contributed by atoms with E-state index in [1.807, 2.05) is 67.6 Å². The third-order valence-electron chi connectivity index (χ3n) is 7.74. The second-order valence-electron chi connectivity index (χ2n) is 10.0. The third kappa shape index (κ3) is 5.19. The number of amides is 1. The summed E-state index contributed by atoms with van der Waals surface area (Å²) in [6.07, 6.45) is 4.90. The van der Waals surface area contributed by atoms with E-state index in [1.165, 1.54) is 19.3 Å². The van der Waals surface area contributed by atoms with E-state index in [0.717, 1.165) is 23.5 Å². The number of hydrogen-bond donors (Lipinski definition) is 2. The van der Waals surface area contributed by atoms with Gasteiger partial charge in [-0.2, -0.15) is 0 Å². The highest BCUT2D eigenvalue weighted by atomic mass is 32.2. The zero-order valence-corrected chi connectivity index (χ0v) is 20.7. The highest BCUT2D eigenvalue weighted by Crippen LogP contribution is 2.49. The molecule has 6 heteroatoms. The molecule has 0 heterocycles. The number of nitrogens with one attached hydrogen (secondary N) is 2. The predicted octanol–water partition coefficient (Wildman–Crippen LogP) is 5.56. The van der Waals surface area contributed by atoms with E-state index < -0.39 is 15.9 Å². The van der Waals surface area contributed by atoms with Crippen molar-refractivity contribution in [2.24, 2.45) is 17.8 Å². The van der Waals surface area contributed by atoms with E-state index in [0.29, 0.717) is 17.5 Å². The van der Waals surface area contributed by atoms with Crippen molar-refractivity contribution in [1.82, 2.24) is 4.72 Å². The smallest absolute Gasteiger partial charge is 0.240 e. The minimum absolute atomic E-state index is 0.0767. The molecule has 0 aliphatic heterocycles. The van der Waals surface area contributed by atoms with Crippen LogP contribution in [0.4, 0.5) is 5.69 Å². The molecule has 1 amide bonds. The normalized spacial score (nSPS) is 22.3. The fourth-order valence-corrected chi connectivity index (χ4v) is 7.32. The topological polar surface area (TPSA) is 75.3 Å². The highest BCUT2D eigenvalue weighted by Gasteiger charge is 2.42. The SMILES string of the molecule is C[C@H](NS(=O)(=O)c1ccc(NC(=O)C(c2ccccc2)c2ccccc2)cc1)[C@@H]1C[C@H]2CC[C@H]1C2. The van der Waals surface area contributed by atoms with Gasteiger partial charge in [0.05, 0.1) is 10.8 Å². The summed E-state index contributed by atoms with van der Waals surface area (Å²) < 4.78 is 28.9. The molecule has 2 bridgehead atoms. The summed E-state index contributed by atoms with van der Waals surface area (Å²) in [6.45, 7) is 1.99. The molecule has 5 nitrogen and oxygen atoms in total. The minimum atomic E-state index is -3.62. The van der Waals surface area contributed by atoms with E-state index in [1.54, 1.807) is 24.3 Å². The molecule has 2 saturated carbocycles. The number of sulfonamides is 1. The lowest BCUT2D eigenvalue weighted by Crippen LogP contribution is -2.40. The fraction of sp³-hybridized carbons (Fsp3) is 0.345. The summed E-state index contributed by atoms with van der Waals surface area (Å²) in [4.78, 5) is 13.5. The Hall–Kier alpha value is -2.96. The molecule has 2 aliphatic carbocycles. The Morgan fingerprint density at radius 3 is 1.94 bits per heavy atom. The summed E-state index contributed by atoms with van der Waals surface area (Å²) in [5.74, 6) is 1.22. The Morgan fingerprint density at radius 1 is 0.829 bits per heavy atom. The minimum Gasteiger partial charge on any atom is -0.325 e. The number of carbonyl (C=O) groups excluding carboxylic acids is 1. The third-order valence-corrected chi connectivity index (χ3v) is 9.31. The average molecular weight is 489 g/mol. The van der Waals surface area contributed by atoms with E-state index in [4.69, 9.17) is 0 Å². The summed E-state index contributed by atoms with van der Waals surface area (Å²) in [7, 11) is -3.62. The molecular formula is C29H32N2O3S. The number of hydrogen-bond acceptors (Lipinski definition) is 3. The van der Waals surface area contributed by atoms with Crippen molar-refractivity contribution >= 4 is 21.6 Å². The van der Waals surface area contributed by atoms with Gasteiger partial charge < -0.3 is 5.32 Å². The summed E-state index contributed by atoms with van der Waals surface area (Å²) in [5, 5.41) is 2.97. The van der Waals surface area contributed by atoms with Crippen molar-refractivity contribution in [2.45, 2.75) is 49.5 Å². The average Bonchev–Trinajstić information content (AvgIpc) is 3.50. The lowest BCUT2D eigenvalue weighted by Gasteiger charge is -2.28. The van der Waals surface area contributed by atoms with Gasteiger partial charge in [0.1, 0.15) is 0 Å². The maximum absolute atomic E-state index is 13.3. The summed E-state index contributed by atoms with van der Waals surface area (Å²) in [5.41, 5.74) is 2.36. The van der Waals surface area contributed by atoms with Gasteiger partial charge >= 0.3 is 0 Å². The van der Waals surface area contributed by atoms with Crippen LogP contribution in [-0.4, -0.2) is 20.4 Å². The molecule has 5 rings (SSSR count). The molecule has 0 unspecified atom stereocenters. The van der Waals surface area contributed by atoms with Crippen LogP contribution < -0.4 is 10.0 Å². The van der Waals surface area contributed by atoms with Gasteiger partial charge in [-0.25, -0.2) is 13.1 Å². The van der Waals surface area contributed by atoms with Crippen molar-refractivity contribution in [3.8, 4) is 0 Å². The number of anilines is 1. The molecule has 2 fully saturated rings. The summed E-state index contributed by atoms with van der Waals surface area (Å²) in [6, 6.07) is 25.6. The van der Waals surface area contributed by atoms with Crippen molar-refractivity contribution in [3.63, 3.8) is 0 Å². The number of fused-ring (bicyclic) bond motifs is 2. The Morgan fingerprint density at radius 2 is 1.43 bits per heavy atom. The van der Waals surface area contributed by atoms with Crippen LogP contribution in [0.2, 0.25) is 0 Å². The first kappa shape index (κ1) is 23.8. The Labute approximate surface area is 208 Å². The molecule has 182 valence electrons. The van der Waals surface area contributed by atoms with Crippen LogP contribution in [0.3, 0.4) is 0 Å². The molecule has 0 radical (unpaired) electrons. The van der Waals surface area contributed by atoms with Gasteiger partial charge in [0.25, 0.3) is 0 Å². The van der Waals surface area contributed by atoms with E-state index in [9.17, 15) is 13.2 Å². The lowest BCUT2D eigenvalue weighted by atomic mass is 9.84. The van der Waals surface area contributed by atoms with Gasteiger partial charge in [-0.1, -0.05) is 67.1 Å². The first-order valence-corrected chi connectivity index (χ1v) is 13.9. The van der Waals surface area contributed by atoms with E-state index >= 15 is 0 Å². The predicted molar refractivity (Wildman–Crippen MR) is 139 cm³/mol. The van der Waals surface area contributed by atoms with Crippen LogP contribution in [-0.2, 0) is 14.8 Å². The second kappa shape index (κ2) is 9.96. The van der Waals surface area contributed by atoms with E-state index in [2.05, 4.69) is 10.0 Å². The van der Waals surface area contributed by atoms with Gasteiger partial charge in [0.2, 0.25) is 15.9 Å². The Bertz CT molecular complexity index is 1220. The zero-order chi connectivity index (χ0) is 24.4. The fourth-order valence-electron chi connectivity index (χ4n) is 6.02.